The number of nitrogens with zero attached hydrogens (tertiary/aromatic N) is 1. The van der Waals surface area contributed by atoms with Gasteiger partial charge in [-0.15, -0.1) is 0 Å². The minimum Gasteiger partial charge on any atom is -0.313 e. The molecule has 0 unspecified atom stereocenters. The standard InChI is InChI=1S/C8H10Br2N2/c1-5(11-2)6-3-8(10)12-4-7(6)9/h3-5,11H,1-2H3/t5-/m0/s1. The van der Waals surface area contributed by atoms with Crippen LogP contribution in [0.25, 0.3) is 0 Å². The largest absolute Gasteiger partial charge is 0.313 e. The first-order valence-corrected chi connectivity index (χ1v) is 5.22. The highest BCUT2D eigenvalue weighted by molar-refractivity contribution is 9.11. The van der Waals surface area contributed by atoms with Crippen LogP contribution in [0.2, 0.25) is 0 Å². The van der Waals surface area contributed by atoms with E-state index in [1.54, 1.807) is 6.20 Å². The van der Waals surface area contributed by atoms with Gasteiger partial charge in [0.15, 0.2) is 0 Å². The molecule has 1 aromatic heterocycles. The molecule has 0 bridgehead atoms. The summed E-state index contributed by atoms with van der Waals surface area (Å²) in [5, 5.41) is 3.17. The molecule has 0 radical (unpaired) electrons. The Morgan fingerprint density at radius 3 is 2.75 bits per heavy atom. The molecule has 12 heavy (non-hydrogen) atoms. The lowest BCUT2D eigenvalue weighted by Gasteiger charge is -2.12. The van der Waals surface area contributed by atoms with E-state index >= 15 is 0 Å². The Balaban J connectivity index is 3.04. The summed E-state index contributed by atoms with van der Waals surface area (Å²) < 4.78 is 1.90. The van der Waals surface area contributed by atoms with E-state index in [0.717, 1.165) is 9.08 Å². The molecule has 1 heterocycles. The molecule has 0 aliphatic heterocycles. The van der Waals surface area contributed by atoms with Gasteiger partial charge in [0.2, 0.25) is 0 Å². The second kappa shape index (κ2) is 4.35. The van der Waals surface area contributed by atoms with Gasteiger partial charge in [-0.3, -0.25) is 0 Å². The molecule has 66 valence electrons. The van der Waals surface area contributed by atoms with Crippen molar-refractivity contribution in [2.24, 2.45) is 0 Å². The van der Waals surface area contributed by atoms with Crippen LogP contribution in [-0.4, -0.2) is 12.0 Å². The van der Waals surface area contributed by atoms with E-state index in [4.69, 9.17) is 0 Å². The fourth-order valence-corrected chi connectivity index (χ4v) is 1.82. The number of halogens is 2. The summed E-state index contributed by atoms with van der Waals surface area (Å²) in [7, 11) is 1.94. The second-order valence-electron chi connectivity index (χ2n) is 2.54. The third-order valence-corrected chi connectivity index (χ3v) is 2.85. The Kier molecular flexibility index (Phi) is 3.68. The molecule has 2 nitrogen and oxygen atoms in total. The summed E-state index contributed by atoms with van der Waals surface area (Å²) in [5.74, 6) is 0. The Bertz CT molecular complexity index is 276. The monoisotopic (exact) mass is 292 g/mol. The number of aromatic nitrogens is 1. The summed E-state index contributed by atoms with van der Waals surface area (Å²) in [6, 6.07) is 2.34. The highest BCUT2D eigenvalue weighted by Crippen LogP contribution is 2.24. The number of pyridine rings is 1. The van der Waals surface area contributed by atoms with Crippen molar-refractivity contribution in [1.82, 2.24) is 10.3 Å². The van der Waals surface area contributed by atoms with E-state index in [9.17, 15) is 0 Å². The van der Waals surface area contributed by atoms with Crippen molar-refractivity contribution in [3.8, 4) is 0 Å². The third kappa shape index (κ3) is 2.28. The van der Waals surface area contributed by atoms with E-state index in [-0.39, 0.29) is 0 Å². The van der Waals surface area contributed by atoms with Crippen LogP contribution < -0.4 is 5.32 Å². The maximum Gasteiger partial charge on any atom is 0.106 e. The first kappa shape index (κ1) is 10.2. The van der Waals surface area contributed by atoms with Gasteiger partial charge in [-0.2, -0.15) is 0 Å². The SMILES string of the molecule is CN[C@@H](C)c1cc(Br)ncc1Br. The molecule has 0 aromatic carbocycles. The highest BCUT2D eigenvalue weighted by Gasteiger charge is 2.07. The van der Waals surface area contributed by atoms with E-state index in [0.29, 0.717) is 6.04 Å². The van der Waals surface area contributed by atoms with Crippen molar-refractivity contribution in [2.75, 3.05) is 7.05 Å². The van der Waals surface area contributed by atoms with Crippen molar-refractivity contribution < 1.29 is 0 Å². The molecule has 0 fully saturated rings. The molecule has 4 heteroatoms. The van der Waals surface area contributed by atoms with Crippen LogP contribution in [0.4, 0.5) is 0 Å². The average Bonchev–Trinajstić information content (AvgIpc) is 2.08. The molecule has 1 atom stereocenters. The zero-order valence-corrected chi connectivity index (χ0v) is 10.1. The fourth-order valence-electron chi connectivity index (χ4n) is 0.915. The first-order valence-electron chi connectivity index (χ1n) is 3.63. The quantitative estimate of drug-likeness (QED) is 0.848. The average molecular weight is 294 g/mol. The number of hydrogen-bond acceptors (Lipinski definition) is 2. The van der Waals surface area contributed by atoms with Crippen molar-refractivity contribution in [3.63, 3.8) is 0 Å². The lowest BCUT2D eigenvalue weighted by molar-refractivity contribution is 0.648. The van der Waals surface area contributed by atoms with Gasteiger partial charge >= 0.3 is 0 Å². The van der Waals surface area contributed by atoms with E-state index in [1.165, 1.54) is 5.56 Å². The fraction of sp³-hybridized carbons (Fsp3) is 0.375. The van der Waals surface area contributed by atoms with Gasteiger partial charge in [-0.05, 0) is 57.5 Å². The minimum absolute atomic E-state index is 0.332. The van der Waals surface area contributed by atoms with Crippen LogP contribution in [0, 0.1) is 0 Å². The molecule has 0 amide bonds. The Labute approximate surface area is 89.0 Å². The maximum atomic E-state index is 4.10. The number of rotatable bonds is 2. The predicted molar refractivity (Wildman–Crippen MR) is 57.1 cm³/mol. The van der Waals surface area contributed by atoms with Gasteiger partial charge in [0.25, 0.3) is 0 Å². The lowest BCUT2D eigenvalue weighted by Crippen LogP contribution is -2.12. The molecular formula is C8H10Br2N2. The van der Waals surface area contributed by atoms with Crippen molar-refractivity contribution >= 4 is 31.9 Å². The molecule has 1 aromatic rings. The summed E-state index contributed by atoms with van der Waals surface area (Å²) in [4.78, 5) is 4.10. The topological polar surface area (TPSA) is 24.9 Å². The molecule has 0 spiro atoms. The molecule has 1 rings (SSSR count). The summed E-state index contributed by atoms with van der Waals surface area (Å²) in [6.07, 6.45) is 1.80. The predicted octanol–water partition coefficient (Wildman–Crippen LogP) is 2.89. The Morgan fingerprint density at radius 2 is 2.17 bits per heavy atom. The number of hydrogen-bond donors (Lipinski definition) is 1. The number of nitrogens with one attached hydrogen (secondary N) is 1. The maximum absolute atomic E-state index is 4.10. The van der Waals surface area contributed by atoms with Crippen molar-refractivity contribution in [2.45, 2.75) is 13.0 Å². The summed E-state index contributed by atoms with van der Waals surface area (Å²) in [6.45, 7) is 2.10. The zero-order chi connectivity index (χ0) is 9.14. The van der Waals surface area contributed by atoms with E-state index in [1.807, 2.05) is 13.1 Å². The van der Waals surface area contributed by atoms with Gasteiger partial charge in [0.1, 0.15) is 4.60 Å². The molecule has 0 saturated carbocycles. The Morgan fingerprint density at radius 1 is 1.50 bits per heavy atom. The van der Waals surface area contributed by atoms with Gasteiger partial charge in [-0.1, -0.05) is 0 Å². The molecular weight excluding hydrogens is 284 g/mol. The summed E-state index contributed by atoms with van der Waals surface area (Å²) >= 11 is 6.78. The third-order valence-electron chi connectivity index (χ3n) is 1.75. The van der Waals surface area contributed by atoms with Crippen LogP contribution in [0.15, 0.2) is 21.3 Å². The smallest absolute Gasteiger partial charge is 0.106 e. The van der Waals surface area contributed by atoms with Crippen LogP contribution in [-0.2, 0) is 0 Å². The van der Waals surface area contributed by atoms with Gasteiger partial charge < -0.3 is 5.32 Å². The van der Waals surface area contributed by atoms with Gasteiger partial charge in [0.05, 0.1) is 0 Å². The molecule has 0 aliphatic carbocycles. The normalized spacial score (nSPS) is 13.0. The second-order valence-corrected chi connectivity index (χ2v) is 4.21. The highest BCUT2D eigenvalue weighted by atomic mass is 79.9. The minimum atomic E-state index is 0.332. The van der Waals surface area contributed by atoms with Crippen molar-refractivity contribution in [3.05, 3.63) is 26.9 Å². The van der Waals surface area contributed by atoms with Crippen LogP contribution in [0.1, 0.15) is 18.5 Å². The Hall–Kier alpha value is 0.0700. The van der Waals surface area contributed by atoms with Crippen molar-refractivity contribution in [1.29, 1.82) is 0 Å². The zero-order valence-electron chi connectivity index (χ0n) is 6.94. The first-order chi connectivity index (χ1) is 5.65. The summed E-state index contributed by atoms with van der Waals surface area (Å²) in [5.41, 5.74) is 1.21. The van der Waals surface area contributed by atoms with Crippen LogP contribution in [0.3, 0.4) is 0 Å². The van der Waals surface area contributed by atoms with E-state index < -0.39 is 0 Å². The molecule has 0 aliphatic rings. The molecule has 0 saturated heterocycles. The van der Waals surface area contributed by atoms with Gasteiger partial charge in [0, 0.05) is 16.7 Å². The van der Waals surface area contributed by atoms with E-state index in [2.05, 4.69) is 49.1 Å². The van der Waals surface area contributed by atoms with Crippen LogP contribution >= 0.6 is 31.9 Å². The lowest BCUT2D eigenvalue weighted by atomic mass is 10.1. The van der Waals surface area contributed by atoms with Crippen LogP contribution in [0.5, 0.6) is 0 Å². The van der Waals surface area contributed by atoms with Gasteiger partial charge in [-0.25, -0.2) is 4.98 Å². The molecule has 1 N–H and O–H groups in total.